The minimum absolute atomic E-state index is 0.0139. The minimum Gasteiger partial charge on any atom is -0.481 e. The fraction of sp³-hybridized carbons (Fsp3) is 0.394. The van der Waals surface area contributed by atoms with Crippen molar-refractivity contribution in [1.82, 2.24) is 20.6 Å². The number of carbonyl (C=O) groups is 4. The molecule has 6 N–H and O–H groups in total. The molecule has 0 bridgehead atoms. The van der Waals surface area contributed by atoms with Crippen molar-refractivity contribution in [2.75, 3.05) is 5.75 Å². The van der Waals surface area contributed by atoms with Crippen LogP contribution >= 0.6 is 0 Å². The van der Waals surface area contributed by atoms with Crippen molar-refractivity contribution in [1.29, 1.82) is 0 Å². The zero-order chi connectivity index (χ0) is 31.9. The summed E-state index contributed by atoms with van der Waals surface area (Å²) in [7, 11) is 0. The van der Waals surface area contributed by atoms with Crippen LogP contribution in [-0.4, -0.2) is 61.0 Å². The van der Waals surface area contributed by atoms with Gasteiger partial charge in [0.15, 0.2) is 11.0 Å². The monoisotopic (exact) mass is 619 g/mol. The highest BCUT2D eigenvalue weighted by Gasteiger charge is 2.52. The van der Waals surface area contributed by atoms with Crippen LogP contribution in [0.4, 0.5) is 0 Å². The number of carboxylic acid groups (broad SMARTS) is 2. The Morgan fingerprint density at radius 1 is 1.07 bits per heavy atom. The van der Waals surface area contributed by atoms with Crippen LogP contribution in [0.15, 0.2) is 35.6 Å². The summed E-state index contributed by atoms with van der Waals surface area (Å²) in [6, 6.07) is -0.212. The van der Waals surface area contributed by atoms with E-state index in [-0.39, 0.29) is 36.1 Å². The van der Waals surface area contributed by atoms with Crippen molar-refractivity contribution in [2.24, 2.45) is 11.8 Å². The van der Waals surface area contributed by atoms with Crippen molar-refractivity contribution in [3.8, 4) is 0 Å². The third kappa shape index (κ3) is 6.19. The van der Waals surface area contributed by atoms with E-state index in [1.165, 1.54) is 11.8 Å². The summed E-state index contributed by atoms with van der Waals surface area (Å²) in [5.74, 6) is -1.02. The number of aromatic amines is 2. The maximum atomic E-state index is 12.6. The first-order valence-corrected chi connectivity index (χ1v) is 15.9. The number of rotatable bonds is 12. The zero-order valence-electron chi connectivity index (χ0n) is 25.3. The molecular weight excluding hydrogens is 580 g/mol. The van der Waals surface area contributed by atoms with Crippen molar-refractivity contribution < 1.29 is 29.4 Å². The number of carbonyl (C=O) groups excluding carboxylic acids is 2. The molecule has 10 nitrogen and oxygen atoms in total. The molecule has 0 spiro atoms. The highest BCUT2D eigenvalue weighted by Crippen LogP contribution is 2.38. The van der Waals surface area contributed by atoms with Crippen LogP contribution in [0.1, 0.15) is 65.3 Å². The lowest BCUT2D eigenvalue weighted by Crippen LogP contribution is -2.30. The molecule has 2 aromatic heterocycles. The number of hydrogen-bond donors (Lipinski definition) is 6. The normalized spacial score (nSPS) is 24.0. The number of thiol groups is 1. The molecule has 2 fully saturated rings. The van der Waals surface area contributed by atoms with Gasteiger partial charge in [-0.25, -0.2) is 4.79 Å². The lowest BCUT2D eigenvalue weighted by molar-refractivity contribution is -0.137. The first-order valence-electron chi connectivity index (χ1n) is 14.8. The summed E-state index contributed by atoms with van der Waals surface area (Å²) in [5.41, 5.74) is 9.06. The molecule has 0 radical (unpaired) electrons. The van der Waals surface area contributed by atoms with Gasteiger partial charge in [0.1, 0.15) is 0 Å². The second-order valence-electron chi connectivity index (χ2n) is 11.9. The maximum absolute atomic E-state index is 12.6. The summed E-state index contributed by atoms with van der Waals surface area (Å²) < 4.78 is 0. The molecule has 5 heterocycles. The van der Waals surface area contributed by atoms with Gasteiger partial charge in [0.05, 0.1) is 12.0 Å². The van der Waals surface area contributed by atoms with E-state index < -0.39 is 11.9 Å². The maximum Gasteiger partial charge on any atom is 0.328 e. The molecule has 44 heavy (non-hydrogen) atoms. The van der Waals surface area contributed by atoms with E-state index >= 15 is 0 Å². The molecule has 4 atom stereocenters. The Kier molecular flexibility index (Phi) is 8.78. The third-order valence-electron chi connectivity index (χ3n) is 9.12. The number of allylic oxidation sites excluding steroid dienone is 1. The first-order chi connectivity index (χ1) is 20.9. The van der Waals surface area contributed by atoms with Crippen LogP contribution in [-0.2, 0) is 50.2 Å². The van der Waals surface area contributed by atoms with Gasteiger partial charge >= 0.3 is 11.9 Å². The largest absolute Gasteiger partial charge is 0.481 e. The predicted molar refractivity (Wildman–Crippen MR) is 171 cm³/mol. The molecule has 3 aliphatic heterocycles. The second kappa shape index (κ2) is 12.4. The summed E-state index contributed by atoms with van der Waals surface area (Å²) in [6.07, 6.45) is 7.37. The molecule has 0 unspecified atom stereocenters. The number of nitrogens with one attached hydrogen (secondary N) is 4. The molecule has 232 valence electrons. The van der Waals surface area contributed by atoms with Crippen LogP contribution in [0.25, 0.3) is 12.2 Å². The van der Waals surface area contributed by atoms with E-state index in [0.29, 0.717) is 30.1 Å². The van der Waals surface area contributed by atoms with Crippen LogP contribution in [0.3, 0.4) is 0 Å². The van der Waals surface area contributed by atoms with E-state index in [1.807, 2.05) is 33.8 Å². The van der Waals surface area contributed by atoms with Gasteiger partial charge in [0, 0.05) is 65.3 Å². The Bertz CT molecular complexity index is 1650. The fourth-order valence-corrected chi connectivity index (χ4v) is 7.48. The predicted octanol–water partition coefficient (Wildman–Crippen LogP) is 3.13. The van der Waals surface area contributed by atoms with E-state index in [1.54, 1.807) is 12.2 Å². The van der Waals surface area contributed by atoms with Crippen molar-refractivity contribution in [3.05, 3.63) is 80.6 Å². The van der Waals surface area contributed by atoms with Crippen molar-refractivity contribution in [2.45, 2.75) is 64.7 Å². The van der Waals surface area contributed by atoms with Gasteiger partial charge in [0.2, 0.25) is 5.91 Å². The molecule has 11 heteroatoms. The van der Waals surface area contributed by atoms with Crippen LogP contribution < -0.4 is 10.6 Å². The van der Waals surface area contributed by atoms with E-state index in [9.17, 15) is 29.4 Å². The summed E-state index contributed by atoms with van der Waals surface area (Å²) >= 11 is 1.35. The Labute approximate surface area is 260 Å². The summed E-state index contributed by atoms with van der Waals surface area (Å²) in [6.45, 7) is 11.5. The van der Waals surface area contributed by atoms with Gasteiger partial charge in [0.25, 0.3) is 5.91 Å². The lowest BCUT2D eigenvalue weighted by atomic mass is 9.91. The van der Waals surface area contributed by atoms with E-state index in [2.05, 4.69) is 27.2 Å². The second-order valence-corrected chi connectivity index (χ2v) is 13.2. The Morgan fingerprint density at radius 3 is 2.41 bits per heavy atom. The first kappa shape index (κ1) is 31.2. The van der Waals surface area contributed by atoms with Crippen molar-refractivity contribution in [3.63, 3.8) is 0 Å². The zero-order valence-corrected chi connectivity index (χ0v) is 26.2. The molecule has 2 saturated heterocycles. The molecule has 0 aromatic carbocycles. The Balaban J connectivity index is 1.53. The van der Waals surface area contributed by atoms with Gasteiger partial charge in [-0.3, -0.25) is 14.4 Å². The lowest BCUT2D eigenvalue weighted by Gasteiger charge is -2.12. The number of amides is 2. The molecular formula is C33H39N4O6S+. The van der Waals surface area contributed by atoms with Gasteiger partial charge < -0.3 is 30.8 Å². The Hall–Kier alpha value is -4.25. The van der Waals surface area contributed by atoms with Gasteiger partial charge in [-0.2, -0.15) is 0 Å². The van der Waals surface area contributed by atoms with Crippen LogP contribution in [0, 0.1) is 25.7 Å². The third-order valence-corrected chi connectivity index (χ3v) is 10.2. The topological polar surface area (TPSA) is 164 Å². The number of hydrogen-bond acceptors (Lipinski definition) is 4. The van der Waals surface area contributed by atoms with Crippen LogP contribution in [0.2, 0.25) is 0 Å². The molecule has 2 aromatic rings. The fourth-order valence-electron chi connectivity index (χ4n) is 6.48. The number of aromatic nitrogens is 2. The van der Waals surface area contributed by atoms with E-state index in [4.69, 9.17) is 0 Å². The minimum atomic E-state index is -1.07. The van der Waals surface area contributed by atoms with Gasteiger partial charge in [-0.1, -0.05) is 19.6 Å². The quantitative estimate of drug-likeness (QED) is 0.0925. The molecule has 3 aliphatic rings. The van der Waals surface area contributed by atoms with Crippen molar-refractivity contribution >= 4 is 47.7 Å². The number of H-pyrrole nitrogens is 2. The summed E-state index contributed by atoms with van der Waals surface area (Å²) in [5, 5.41) is 25.4. The smallest absolute Gasteiger partial charge is 0.328 e. The standard InChI is InChI=1S/C33H38N4O6S/c1-6-19-15(2)24(36-33(19)43)11-22-16(3)20(7-9-29(38)39)25(34-22)13-26-21(8-10-30(40)41)17(4)23(35-26)12-27-31(28-14-44-28)18(5)32(42)37-27/h6,8,10,12,18,24,28,31,34-35H,1,7,9,11,13-14H2,2-5H3,(H,36,43)(H,37,42)(H,38,39)(H,40,41)/p+1/b10-8+,27-12-/t18-,24-,28-,31-/m1/s1. The van der Waals surface area contributed by atoms with Gasteiger partial charge in [-0.05, 0) is 78.9 Å². The highest BCUT2D eigenvalue weighted by molar-refractivity contribution is 7.86. The van der Waals surface area contributed by atoms with Crippen LogP contribution in [0.5, 0.6) is 0 Å². The molecule has 5 rings (SSSR count). The summed E-state index contributed by atoms with van der Waals surface area (Å²) in [4.78, 5) is 55.0. The average molecular weight is 620 g/mol. The number of carboxylic acids is 2. The SMILES string of the molecule is C=CC1=C(C)[C@@H](Cc2[nH]c(Cc3[nH]c(/C=C4\NC(=O)[C@H](C)[C@H]4[C@H]4C[SH+]4)c(C)c3/C=C/C(=O)O)c(CCC(=O)O)c2C)NC1=O. The molecule has 2 amide bonds. The number of aliphatic carboxylic acids is 2. The Morgan fingerprint density at radius 2 is 1.80 bits per heavy atom. The van der Waals surface area contributed by atoms with E-state index in [0.717, 1.165) is 68.1 Å². The average Bonchev–Trinajstić information content (AvgIpc) is 3.53. The highest BCUT2D eigenvalue weighted by atomic mass is 32.2. The molecule has 0 saturated carbocycles. The molecule has 0 aliphatic carbocycles. The van der Waals surface area contributed by atoms with Gasteiger partial charge in [-0.15, -0.1) is 0 Å².